The van der Waals surface area contributed by atoms with Gasteiger partial charge in [0.2, 0.25) is 0 Å². The molecule has 0 unspecified atom stereocenters. The predicted octanol–water partition coefficient (Wildman–Crippen LogP) is 20.3. The fourth-order valence-electron chi connectivity index (χ4n) is 9.19. The average Bonchev–Trinajstić information content (AvgIpc) is 4.13. The van der Waals surface area contributed by atoms with Crippen LogP contribution in [0, 0.1) is 0 Å². The summed E-state index contributed by atoms with van der Waals surface area (Å²) in [4.78, 5) is 0. The van der Waals surface area contributed by atoms with Crippen LogP contribution in [0.2, 0.25) is 0 Å². The van der Waals surface area contributed by atoms with E-state index in [1.54, 1.807) is 0 Å². The van der Waals surface area contributed by atoms with Gasteiger partial charge in [-0.2, -0.15) is 0 Å². The van der Waals surface area contributed by atoms with Crippen LogP contribution < -0.4 is 16.0 Å². The number of fused-ring (bicyclic) bond motifs is 9. The van der Waals surface area contributed by atoms with Crippen LogP contribution >= 0.6 is 22.7 Å². The number of hydrogen-bond acceptors (Lipinski definition) is 6. The smallest absolute Gasteiger partial charge is 0.135 e. The van der Waals surface area contributed by atoms with Crippen LogP contribution in [0.15, 0.2) is 271 Å². The number of anilines is 6. The third-order valence-electron chi connectivity index (χ3n) is 12.8. The van der Waals surface area contributed by atoms with Gasteiger partial charge in [0.25, 0.3) is 0 Å². The lowest BCUT2D eigenvalue weighted by Crippen LogP contribution is -1.89. The summed E-state index contributed by atoms with van der Waals surface area (Å²) in [5.74, 6) is 0. The van der Waals surface area contributed by atoms with Crippen LogP contribution in [0.4, 0.5) is 34.1 Å². The molecule has 3 N–H and O–H groups in total. The fourth-order valence-corrected chi connectivity index (χ4v) is 11.4. The van der Waals surface area contributed by atoms with Gasteiger partial charge in [-0.1, -0.05) is 158 Å². The Hall–Kier alpha value is -8.94. The summed E-state index contributed by atoms with van der Waals surface area (Å²) in [6.45, 7) is 0. The lowest BCUT2D eigenvalue weighted by Gasteiger charge is -2.08. The second-order valence-electron chi connectivity index (χ2n) is 17.6. The number of benzene rings is 11. The molecule has 0 aliphatic carbocycles. The lowest BCUT2D eigenvalue weighted by molar-refractivity contribution is 0.669. The Morgan fingerprint density at radius 2 is 0.556 bits per heavy atom. The lowest BCUT2D eigenvalue weighted by atomic mass is 10.1. The highest BCUT2D eigenvalue weighted by Gasteiger charge is 2.09. The third-order valence-corrected chi connectivity index (χ3v) is 15.1. The summed E-state index contributed by atoms with van der Waals surface area (Å²) in [5.41, 5.74) is 13.3. The van der Waals surface area contributed by atoms with Crippen molar-refractivity contribution in [2.45, 2.75) is 0 Å². The van der Waals surface area contributed by atoms with E-state index in [1.807, 2.05) is 77.3 Å². The SMILES string of the molecule is c1ccc(-c2ccc(Nc3ccc4oc5ccccc5c4c3)cc2)cc1.c1ccc(-c2ccc(Nc3ccc4sc5ccccc5c4c3)cc2)cc1.c1ccc(Nc2ccc3sc4ccccc4c3c2)cc1. The molecular formula is C66H47N3OS2. The van der Waals surface area contributed by atoms with Crippen molar-refractivity contribution in [1.82, 2.24) is 0 Å². The molecule has 0 radical (unpaired) electrons. The van der Waals surface area contributed by atoms with Crippen molar-refractivity contribution < 1.29 is 4.42 Å². The Morgan fingerprint density at radius 3 is 1.06 bits per heavy atom. The standard InChI is InChI=1S/C24H17NO.C24H17NS.C18H13NS/c2*1-2-6-17(7-3-1)18-10-12-19(13-11-18)25-20-14-15-24-22(16-20)21-8-4-5-9-23(21)26-24;1-2-6-13(7-3-1)19-14-10-11-18-16(12-14)15-8-4-5-9-17(15)20-18/h2*1-16,25H;1-12,19H. The zero-order chi connectivity index (χ0) is 48.1. The molecule has 0 saturated carbocycles. The van der Waals surface area contributed by atoms with E-state index in [1.165, 1.54) is 62.6 Å². The molecule has 0 spiro atoms. The van der Waals surface area contributed by atoms with Gasteiger partial charge in [0.1, 0.15) is 11.2 Å². The van der Waals surface area contributed by atoms with Crippen LogP contribution in [0.1, 0.15) is 0 Å². The highest BCUT2D eigenvalue weighted by atomic mass is 32.1. The van der Waals surface area contributed by atoms with Gasteiger partial charge in [-0.3, -0.25) is 0 Å². The molecule has 3 aromatic heterocycles. The molecular weight excluding hydrogens is 915 g/mol. The summed E-state index contributed by atoms with van der Waals surface area (Å²) in [6, 6.07) is 93.0. The van der Waals surface area contributed by atoms with E-state index in [-0.39, 0.29) is 0 Å². The first-order valence-electron chi connectivity index (χ1n) is 24.0. The van der Waals surface area contributed by atoms with Crippen molar-refractivity contribution in [1.29, 1.82) is 0 Å². The zero-order valence-corrected chi connectivity index (χ0v) is 40.8. The molecule has 14 aromatic rings. The zero-order valence-electron chi connectivity index (χ0n) is 39.1. The highest BCUT2D eigenvalue weighted by molar-refractivity contribution is 7.26. The maximum Gasteiger partial charge on any atom is 0.135 e. The Labute approximate surface area is 426 Å². The summed E-state index contributed by atoms with van der Waals surface area (Å²) in [5, 5.41) is 18.1. The first-order chi connectivity index (χ1) is 35.6. The summed E-state index contributed by atoms with van der Waals surface area (Å²) < 4.78 is 11.2. The number of furan rings is 1. The minimum absolute atomic E-state index is 0.913. The first kappa shape index (κ1) is 44.3. The largest absolute Gasteiger partial charge is 0.456 e. The minimum atomic E-state index is 0.913. The number of thiophene rings is 2. The quantitative estimate of drug-likeness (QED) is 0.142. The molecule has 3 heterocycles. The van der Waals surface area contributed by atoms with E-state index in [9.17, 15) is 0 Å². The van der Waals surface area contributed by atoms with Crippen LogP contribution in [-0.4, -0.2) is 0 Å². The maximum absolute atomic E-state index is 5.89. The van der Waals surface area contributed by atoms with Gasteiger partial charge in [0.15, 0.2) is 0 Å². The number of para-hydroxylation sites is 2. The highest BCUT2D eigenvalue weighted by Crippen LogP contribution is 2.38. The van der Waals surface area contributed by atoms with E-state index >= 15 is 0 Å². The molecule has 14 rings (SSSR count). The van der Waals surface area contributed by atoms with Gasteiger partial charge in [-0.05, 0) is 131 Å². The van der Waals surface area contributed by atoms with Gasteiger partial charge < -0.3 is 20.4 Å². The normalized spacial score (nSPS) is 11.1. The van der Waals surface area contributed by atoms with Crippen molar-refractivity contribution >= 4 is 119 Å². The topological polar surface area (TPSA) is 49.2 Å². The molecule has 0 atom stereocenters. The van der Waals surface area contributed by atoms with Crippen molar-refractivity contribution in [2.75, 3.05) is 16.0 Å². The van der Waals surface area contributed by atoms with E-state index in [0.717, 1.165) is 56.1 Å². The molecule has 0 aliphatic rings. The van der Waals surface area contributed by atoms with E-state index in [2.05, 4.69) is 228 Å². The van der Waals surface area contributed by atoms with Gasteiger partial charge in [0.05, 0.1) is 0 Å². The van der Waals surface area contributed by atoms with Crippen LogP contribution in [0.5, 0.6) is 0 Å². The van der Waals surface area contributed by atoms with Gasteiger partial charge >= 0.3 is 0 Å². The molecule has 4 nitrogen and oxygen atoms in total. The van der Waals surface area contributed by atoms with Gasteiger partial charge in [0, 0.05) is 85.2 Å². The third kappa shape index (κ3) is 9.65. The van der Waals surface area contributed by atoms with E-state index in [0.29, 0.717) is 0 Å². The van der Waals surface area contributed by atoms with Crippen molar-refractivity contribution in [3.8, 4) is 22.3 Å². The Kier molecular flexibility index (Phi) is 12.4. The van der Waals surface area contributed by atoms with E-state index < -0.39 is 0 Å². The molecule has 0 fully saturated rings. The second-order valence-corrected chi connectivity index (χ2v) is 19.7. The van der Waals surface area contributed by atoms with Crippen molar-refractivity contribution in [3.05, 3.63) is 267 Å². The van der Waals surface area contributed by atoms with Gasteiger partial charge in [-0.15, -0.1) is 22.7 Å². The average molecular weight is 962 g/mol. The summed E-state index contributed by atoms with van der Waals surface area (Å²) >= 11 is 3.70. The molecule has 6 heteroatoms. The van der Waals surface area contributed by atoms with Crippen molar-refractivity contribution in [3.63, 3.8) is 0 Å². The van der Waals surface area contributed by atoms with Crippen LogP contribution in [0.25, 0.3) is 84.5 Å². The molecule has 0 bridgehead atoms. The summed E-state index contributed by atoms with van der Waals surface area (Å²) in [6.07, 6.45) is 0. The fraction of sp³-hybridized carbons (Fsp3) is 0. The number of hydrogen-bond donors (Lipinski definition) is 3. The Bertz CT molecular complexity index is 3910. The second kappa shape index (κ2) is 20.2. The van der Waals surface area contributed by atoms with E-state index in [4.69, 9.17) is 4.42 Å². The molecule has 72 heavy (non-hydrogen) atoms. The molecule has 0 aliphatic heterocycles. The Morgan fingerprint density at radius 1 is 0.222 bits per heavy atom. The molecule has 11 aromatic carbocycles. The maximum atomic E-state index is 5.89. The number of rotatable bonds is 8. The number of nitrogens with one attached hydrogen (secondary N) is 3. The minimum Gasteiger partial charge on any atom is -0.456 e. The molecule has 344 valence electrons. The first-order valence-corrected chi connectivity index (χ1v) is 25.7. The van der Waals surface area contributed by atoms with Gasteiger partial charge in [-0.25, -0.2) is 0 Å². The molecule has 0 saturated heterocycles. The van der Waals surface area contributed by atoms with Crippen molar-refractivity contribution in [2.24, 2.45) is 0 Å². The summed E-state index contributed by atoms with van der Waals surface area (Å²) in [7, 11) is 0. The Balaban J connectivity index is 0.000000112. The molecule has 0 amide bonds. The van der Waals surface area contributed by atoms with Crippen LogP contribution in [0.3, 0.4) is 0 Å². The predicted molar refractivity (Wildman–Crippen MR) is 312 cm³/mol. The monoisotopic (exact) mass is 961 g/mol. The van der Waals surface area contributed by atoms with Crippen LogP contribution in [-0.2, 0) is 0 Å².